The summed E-state index contributed by atoms with van der Waals surface area (Å²) in [7, 11) is 0. The van der Waals surface area contributed by atoms with Crippen LogP contribution in [0.4, 0.5) is 0 Å². The Morgan fingerprint density at radius 2 is 1.40 bits per heavy atom. The van der Waals surface area contributed by atoms with Crippen molar-refractivity contribution in [3.63, 3.8) is 0 Å². The van der Waals surface area contributed by atoms with Gasteiger partial charge >= 0.3 is 0 Å². The molecule has 1 aromatic rings. The normalized spacial score (nSPS) is 29.8. The van der Waals surface area contributed by atoms with Crippen LogP contribution in [-0.2, 0) is 6.42 Å². The maximum Gasteiger partial charge on any atom is -0.0162 e. The number of aryl methyl sites for hydroxylation is 1. The van der Waals surface area contributed by atoms with Gasteiger partial charge < -0.3 is 0 Å². The number of rotatable bonds is 11. The van der Waals surface area contributed by atoms with Crippen LogP contribution in [0.25, 0.3) is 0 Å². The van der Waals surface area contributed by atoms with Crippen molar-refractivity contribution in [1.82, 2.24) is 0 Å². The highest BCUT2D eigenvalue weighted by atomic mass is 14.4. The Balaban J connectivity index is 1.37. The molecular formula is C30H50. The zero-order valence-corrected chi connectivity index (χ0v) is 20.6. The van der Waals surface area contributed by atoms with Crippen molar-refractivity contribution in [3.8, 4) is 0 Å². The fraction of sp³-hybridized carbons (Fsp3) is 0.800. The van der Waals surface area contributed by atoms with E-state index in [2.05, 4.69) is 45.0 Å². The molecule has 0 aliphatic heterocycles. The molecule has 0 atom stereocenters. The highest BCUT2D eigenvalue weighted by Crippen LogP contribution is 2.45. The molecule has 2 fully saturated rings. The van der Waals surface area contributed by atoms with Crippen LogP contribution in [0.3, 0.4) is 0 Å². The second-order valence-corrected chi connectivity index (χ2v) is 11.3. The summed E-state index contributed by atoms with van der Waals surface area (Å²) in [6, 6.07) is 9.85. The van der Waals surface area contributed by atoms with Gasteiger partial charge in [0.05, 0.1) is 0 Å². The van der Waals surface area contributed by atoms with E-state index >= 15 is 0 Å². The molecule has 2 saturated carbocycles. The molecule has 0 heteroatoms. The molecule has 0 spiro atoms. The first-order valence-corrected chi connectivity index (χ1v) is 13.7. The lowest BCUT2D eigenvalue weighted by Crippen LogP contribution is -2.23. The molecule has 0 N–H and O–H groups in total. The molecule has 0 radical (unpaired) electrons. The Morgan fingerprint density at radius 1 is 0.767 bits per heavy atom. The Hall–Kier alpha value is -0.780. The standard InChI is InChI=1S/C30H50/c1-4-6-7-8-9-22-30(3)23-20-29(21-24-30)28-18-16-27(17-19-28)15-14-26-12-10-25(5-2)11-13-26/h16-19,25-26,29H,4-15,20-24H2,1-3H3/t25-,26-,29?,30?. The van der Waals surface area contributed by atoms with Crippen molar-refractivity contribution in [2.24, 2.45) is 17.3 Å². The molecular weight excluding hydrogens is 360 g/mol. The first-order chi connectivity index (χ1) is 14.6. The SMILES string of the molecule is CCCCCCCC1(C)CCC(c2ccc(CC[C@H]3CC[C@H](CC)CC3)cc2)CC1. The van der Waals surface area contributed by atoms with Crippen LogP contribution in [0.15, 0.2) is 24.3 Å². The molecule has 0 nitrogen and oxygen atoms in total. The molecule has 1 aromatic carbocycles. The summed E-state index contributed by atoms with van der Waals surface area (Å²) in [4.78, 5) is 0. The van der Waals surface area contributed by atoms with Gasteiger partial charge in [-0.2, -0.15) is 0 Å². The summed E-state index contributed by atoms with van der Waals surface area (Å²) in [5.74, 6) is 2.83. The van der Waals surface area contributed by atoms with E-state index in [-0.39, 0.29) is 0 Å². The van der Waals surface area contributed by atoms with Crippen molar-refractivity contribution in [1.29, 1.82) is 0 Å². The van der Waals surface area contributed by atoms with Crippen LogP contribution in [0.1, 0.15) is 141 Å². The topological polar surface area (TPSA) is 0 Å². The summed E-state index contributed by atoms with van der Waals surface area (Å²) < 4.78 is 0. The van der Waals surface area contributed by atoms with E-state index in [1.165, 1.54) is 109 Å². The van der Waals surface area contributed by atoms with Gasteiger partial charge in [0, 0.05) is 0 Å². The molecule has 0 amide bonds. The molecule has 0 bridgehead atoms. The van der Waals surface area contributed by atoms with Gasteiger partial charge in [0.25, 0.3) is 0 Å². The molecule has 170 valence electrons. The Bertz CT molecular complexity index is 567. The Kier molecular flexibility index (Phi) is 9.79. The molecule has 30 heavy (non-hydrogen) atoms. The van der Waals surface area contributed by atoms with Crippen LogP contribution in [0, 0.1) is 17.3 Å². The van der Waals surface area contributed by atoms with E-state index in [0.29, 0.717) is 5.41 Å². The van der Waals surface area contributed by atoms with Gasteiger partial charge in [0.2, 0.25) is 0 Å². The number of hydrogen-bond donors (Lipinski definition) is 0. The lowest BCUT2D eigenvalue weighted by Gasteiger charge is -2.38. The predicted octanol–water partition coefficient (Wildman–Crippen LogP) is 9.86. The second-order valence-electron chi connectivity index (χ2n) is 11.3. The van der Waals surface area contributed by atoms with Gasteiger partial charge in [-0.15, -0.1) is 0 Å². The predicted molar refractivity (Wildman–Crippen MR) is 133 cm³/mol. The van der Waals surface area contributed by atoms with Gasteiger partial charge in [-0.05, 0) is 79.2 Å². The fourth-order valence-electron chi connectivity index (χ4n) is 6.31. The second kappa shape index (κ2) is 12.3. The summed E-state index contributed by atoms with van der Waals surface area (Å²) >= 11 is 0. The van der Waals surface area contributed by atoms with E-state index < -0.39 is 0 Å². The summed E-state index contributed by atoms with van der Waals surface area (Å²) in [5, 5.41) is 0. The zero-order chi connectivity index (χ0) is 21.2. The minimum absolute atomic E-state index is 0.624. The van der Waals surface area contributed by atoms with Crippen LogP contribution >= 0.6 is 0 Å². The molecule has 2 aliphatic rings. The lowest BCUT2D eigenvalue weighted by atomic mass is 9.68. The van der Waals surface area contributed by atoms with E-state index in [1.54, 1.807) is 11.1 Å². The zero-order valence-electron chi connectivity index (χ0n) is 20.6. The van der Waals surface area contributed by atoms with Gasteiger partial charge in [-0.1, -0.05) is 109 Å². The van der Waals surface area contributed by atoms with Crippen LogP contribution in [0.5, 0.6) is 0 Å². The number of unbranched alkanes of at least 4 members (excludes halogenated alkanes) is 4. The first kappa shape index (κ1) is 23.9. The van der Waals surface area contributed by atoms with Crippen LogP contribution in [-0.4, -0.2) is 0 Å². The third kappa shape index (κ3) is 7.42. The molecule has 3 rings (SSSR count). The maximum atomic E-state index is 2.57. The van der Waals surface area contributed by atoms with Crippen molar-refractivity contribution in [2.75, 3.05) is 0 Å². The highest BCUT2D eigenvalue weighted by Gasteiger charge is 2.31. The van der Waals surface area contributed by atoms with Crippen molar-refractivity contribution in [3.05, 3.63) is 35.4 Å². The average Bonchev–Trinajstić information content (AvgIpc) is 2.79. The minimum Gasteiger partial charge on any atom is -0.0654 e. The van der Waals surface area contributed by atoms with Gasteiger partial charge in [-0.25, -0.2) is 0 Å². The van der Waals surface area contributed by atoms with Gasteiger partial charge in [0.1, 0.15) is 0 Å². The molecule has 2 aliphatic carbocycles. The number of benzene rings is 1. The van der Waals surface area contributed by atoms with E-state index in [1.807, 2.05) is 0 Å². The van der Waals surface area contributed by atoms with Crippen molar-refractivity contribution < 1.29 is 0 Å². The smallest absolute Gasteiger partial charge is 0.0162 e. The summed E-state index contributed by atoms with van der Waals surface area (Å²) in [6.07, 6.45) is 24.3. The molecule has 0 aromatic heterocycles. The largest absolute Gasteiger partial charge is 0.0654 e. The first-order valence-electron chi connectivity index (χ1n) is 13.7. The third-order valence-electron chi connectivity index (χ3n) is 8.91. The third-order valence-corrected chi connectivity index (χ3v) is 8.91. The fourth-order valence-corrected chi connectivity index (χ4v) is 6.31. The Labute approximate surface area is 188 Å². The monoisotopic (exact) mass is 410 g/mol. The van der Waals surface area contributed by atoms with E-state index in [0.717, 1.165) is 17.8 Å². The Morgan fingerprint density at radius 3 is 2.03 bits per heavy atom. The van der Waals surface area contributed by atoms with E-state index in [9.17, 15) is 0 Å². The summed E-state index contributed by atoms with van der Waals surface area (Å²) in [6.45, 7) is 7.25. The van der Waals surface area contributed by atoms with E-state index in [4.69, 9.17) is 0 Å². The summed E-state index contributed by atoms with van der Waals surface area (Å²) in [5.41, 5.74) is 3.82. The van der Waals surface area contributed by atoms with Crippen molar-refractivity contribution in [2.45, 2.75) is 136 Å². The minimum atomic E-state index is 0.624. The average molecular weight is 411 g/mol. The number of hydrogen-bond acceptors (Lipinski definition) is 0. The maximum absolute atomic E-state index is 2.57. The lowest BCUT2D eigenvalue weighted by molar-refractivity contribution is 0.177. The molecule has 0 unspecified atom stereocenters. The quantitative estimate of drug-likeness (QED) is 0.318. The molecule has 0 saturated heterocycles. The van der Waals surface area contributed by atoms with Crippen LogP contribution in [0.2, 0.25) is 0 Å². The van der Waals surface area contributed by atoms with Gasteiger partial charge in [0.15, 0.2) is 0 Å². The highest BCUT2D eigenvalue weighted by molar-refractivity contribution is 5.26. The van der Waals surface area contributed by atoms with Crippen molar-refractivity contribution >= 4 is 0 Å². The van der Waals surface area contributed by atoms with Crippen LogP contribution < -0.4 is 0 Å². The van der Waals surface area contributed by atoms with Gasteiger partial charge in [-0.3, -0.25) is 0 Å². The molecule has 0 heterocycles.